The number of benzene rings is 1. The van der Waals surface area contributed by atoms with E-state index in [9.17, 15) is 0 Å². The molecule has 2 rings (SSSR count). The van der Waals surface area contributed by atoms with Gasteiger partial charge in [0.25, 0.3) is 0 Å². The van der Waals surface area contributed by atoms with Crippen molar-refractivity contribution < 1.29 is 0 Å². The lowest BCUT2D eigenvalue weighted by atomic mass is 9.94. The van der Waals surface area contributed by atoms with Crippen molar-refractivity contribution in [1.82, 2.24) is 10.2 Å². The monoisotopic (exact) mass is 310 g/mol. The lowest BCUT2D eigenvalue weighted by Crippen LogP contribution is -2.28. The molecule has 2 unspecified atom stereocenters. The van der Waals surface area contributed by atoms with E-state index in [4.69, 9.17) is 0 Å². The molecule has 1 fully saturated rings. The van der Waals surface area contributed by atoms with Gasteiger partial charge in [-0.3, -0.25) is 4.90 Å². The van der Waals surface area contributed by atoms with Crippen LogP contribution < -0.4 is 5.32 Å². The molecule has 0 amide bonds. The highest BCUT2D eigenvalue weighted by Crippen LogP contribution is 2.35. The Kier molecular flexibility index (Phi) is 5.22. The predicted octanol–water partition coefficient (Wildman–Crippen LogP) is 3.44. The van der Waals surface area contributed by atoms with Gasteiger partial charge in [0.2, 0.25) is 0 Å². The van der Waals surface area contributed by atoms with Crippen LogP contribution in [0.2, 0.25) is 0 Å². The lowest BCUT2D eigenvalue weighted by molar-refractivity contribution is 0.272. The summed E-state index contributed by atoms with van der Waals surface area (Å²) in [6.45, 7) is 5.70. The molecule has 1 N–H and O–H groups in total. The Bertz CT molecular complexity index is 363. The van der Waals surface area contributed by atoms with Crippen molar-refractivity contribution in [3.63, 3.8) is 0 Å². The van der Waals surface area contributed by atoms with E-state index in [1.807, 2.05) is 0 Å². The fraction of sp³-hybridized carbons (Fsp3) is 0.600. The molecule has 1 heterocycles. The lowest BCUT2D eigenvalue weighted by Gasteiger charge is -2.26. The van der Waals surface area contributed by atoms with E-state index < -0.39 is 0 Å². The van der Waals surface area contributed by atoms with Crippen LogP contribution in [0, 0.1) is 5.92 Å². The van der Waals surface area contributed by atoms with Gasteiger partial charge in [0, 0.05) is 10.5 Å². The van der Waals surface area contributed by atoms with E-state index in [1.54, 1.807) is 0 Å². The van der Waals surface area contributed by atoms with Gasteiger partial charge >= 0.3 is 0 Å². The highest BCUT2D eigenvalue weighted by Gasteiger charge is 2.32. The smallest absolute Gasteiger partial charge is 0.0385 e. The van der Waals surface area contributed by atoms with Crippen LogP contribution in [-0.2, 0) is 0 Å². The molecule has 0 saturated carbocycles. The minimum absolute atomic E-state index is 0.572. The average molecular weight is 311 g/mol. The van der Waals surface area contributed by atoms with Crippen LogP contribution in [0.25, 0.3) is 0 Å². The summed E-state index contributed by atoms with van der Waals surface area (Å²) in [6, 6.07) is 9.38. The van der Waals surface area contributed by atoms with Gasteiger partial charge in [0.15, 0.2) is 0 Å². The fourth-order valence-corrected chi connectivity index (χ4v) is 3.16. The Morgan fingerprint density at radius 2 is 2.06 bits per heavy atom. The predicted molar refractivity (Wildman–Crippen MR) is 80.8 cm³/mol. The molecule has 100 valence electrons. The van der Waals surface area contributed by atoms with Crippen molar-refractivity contribution in [2.45, 2.75) is 25.8 Å². The summed E-state index contributed by atoms with van der Waals surface area (Å²) < 4.78 is 1.16. The van der Waals surface area contributed by atoms with Crippen LogP contribution in [0.5, 0.6) is 0 Å². The van der Waals surface area contributed by atoms with E-state index in [-0.39, 0.29) is 0 Å². The summed E-state index contributed by atoms with van der Waals surface area (Å²) in [5.41, 5.74) is 1.45. The number of nitrogens with zero attached hydrogens (tertiary/aromatic N) is 1. The number of rotatable bonds is 5. The standard InChI is InChI=1S/C15H23BrN2/c1-3-9-17-11-13-8-10-18(2)15(13)12-4-6-14(16)7-5-12/h4-7,13,15,17H,3,8-11H2,1-2H3. The molecule has 2 nitrogen and oxygen atoms in total. The molecule has 0 spiro atoms. The molecule has 0 radical (unpaired) electrons. The number of nitrogens with one attached hydrogen (secondary N) is 1. The zero-order valence-corrected chi connectivity index (χ0v) is 12.9. The maximum atomic E-state index is 3.57. The third-order valence-corrected chi connectivity index (χ3v) is 4.35. The fourth-order valence-electron chi connectivity index (χ4n) is 2.89. The van der Waals surface area contributed by atoms with E-state index in [0.29, 0.717) is 6.04 Å². The Morgan fingerprint density at radius 3 is 2.72 bits per heavy atom. The maximum absolute atomic E-state index is 3.57. The first-order valence-corrected chi connectivity index (χ1v) is 7.68. The molecule has 1 aliphatic heterocycles. The van der Waals surface area contributed by atoms with Gasteiger partial charge in [-0.1, -0.05) is 35.0 Å². The van der Waals surface area contributed by atoms with Gasteiger partial charge in [-0.05, 0) is 63.1 Å². The molecule has 18 heavy (non-hydrogen) atoms. The Morgan fingerprint density at radius 1 is 1.33 bits per heavy atom. The van der Waals surface area contributed by atoms with Gasteiger partial charge < -0.3 is 5.32 Å². The molecule has 1 aliphatic rings. The van der Waals surface area contributed by atoms with Gasteiger partial charge in [-0.15, -0.1) is 0 Å². The maximum Gasteiger partial charge on any atom is 0.0385 e. The second-order valence-corrected chi connectivity index (χ2v) is 6.15. The highest BCUT2D eigenvalue weighted by atomic mass is 79.9. The summed E-state index contributed by atoms with van der Waals surface area (Å²) in [4.78, 5) is 2.49. The van der Waals surface area contributed by atoms with Crippen molar-refractivity contribution in [3.05, 3.63) is 34.3 Å². The SMILES string of the molecule is CCCNCC1CCN(C)C1c1ccc(Br)cc1. The topological polar surface area (TPSA) is 15.3 Å². The molecular weight excluding hydrogens is 288 g/mol. The van der Waals surface area contributed by atoms with Crippen molar-refractivity contribution in [2.75, 3.05) is 26.7 Å². The van der Waals surface area contributed by atoms with Crippen LogP contribution in [-0.4, -0.2) is 31.6 Å². The molecule has 0 aromatic heterocycles. The summed E-state index contributed by atoms with van der Waals surface area (Å²) >= 11 is 3.51. The summed E-state index contributed by atoms with van der Waals surface area (Å²) in [7, 11) is 2.24. The Balaban J connectivity index is 2.04. The van der Waals surface area contributed by atoms with E-state index >= 15 is 0 Å². The molecule has 2 atom stereocenters. The van der Waals surface area contributed by atoms with Gasteiger partial charge in [-0.25, -0.2) is 0 Å². The molecular formula is C15H23BrN2. The minimum atomic E-state index is 0.572. The molecule has 1 aromatic rings. The van der Waals surface area contributed by atoms with E-state index in [0.717, 1.165) is 23.5 Å². The third-order valence-electron chi connectivity index (χ3n) is 3.82. The van der Waals surface area contributed by atoms with Gasteiger partial charge in [0.05, 0.1) is 0 Å². The van der Waals surface area contributed by atoms with Crippen molar-refractivity contribution in [2.24, 2.45) is 5.92 Å². The molecule has 1 aromatic carbocycles. The van der Waals surface area contributed by atoms with E-state index in [2.05, 4.69) is 64.4 Å². The zero-order chi connectivity index (χ0) is 13.0. The molecule has 0 bridgehead atoms. The minimum Gasteiger partial charge on any atom is -0.316 e. The largest absolute Gasteiger partial charge is 0.316 e. The number of hydrogen-bond acceptors (Lipinski definition) is 2. The Hall–Kier alpha value is -0.380. The summed E-state index contributed by atoms with van der Waals surface area (Å²) in [6.07, 6.45) is 2.51. The van der Waals surface area contributed by atoms with Crippen LogP contribution in [0.4, 0.5) is 0 Å². The number of likely N-dealkylation sites (tertiary alicyclic amines) is 1. The quantitative estimate of drug-likeness (QED) is 0.838. The zero-order valence-electron chi connectivity index (χ0n) is 11.3. The summed E-state index contributed by atoms with van der Waals surface area (Å²) in [5.74, 6) is 0.739. The highest BCUT2D eigenvalue weighted by molar-refractivity contribution is 9.10. The van der Waals surface area contributed by atoms with Crippen LogP contribution in [0.3, 0.4) is 0 Å². The average Bonchev–Trinajstić information content (AvgIpc) is 2.72. The van der Waals surface area contributed by atoms with Gasteiger partial charge in [-0.2, -0.15) is 0 Å². The Labute approximate surface area is 119 Å². The van der Waals surface area contributed by atoms with E-state index in [1.165, 1.54) is 24.9 Å². The van der Waals surface area contributed by atoms with Crippen LogP contribution in [0.1, 0.15) is 31.4 Å². The van der Waals surface area contributed by atoms with Crippen molar-refractivity contribution >= 4 is 15.9 Å². The third kappa shape index (κ3) is 3.34. The second kappa shape index (κ2) is 6.69. The van der Waals surface area contributed by atoms with Crippen molar-refractivity contribution in [3.8, 4) is 0 Å². The molecule has 0 aliphatic carbocycles. The molecule has 1 saturated heterocycles. The molecule has 3 heteroatoms. The van der Waals surface area contributed by atoms with Crippen LogP contribution >= 0.6 is 15.9 Å². The van der Waals surface area contributed by atoms with Gasteiger partial charge in [0.1, 0.15) is 0 Å². The summed E-state index contributed by atoms with van der Waals surface area (Å²) in [5, 5.41) is 3.57. The first-order valence-electron chi connectivity index (χ1n) is 6.88. The van der Waals surface area contributed by atoms with Crippen LogP contribution in [0.15, 0.2) is 28.7 Å². The number of halogens is 1. The first-order chi connectivity index (χ1) is 8.72. The first kappa shape index (κ1) is 14.0. The second-order valence-electron chi connectivity index (χ2n) is 5.23. The normalized spacial score (nSPS) is 24.6. The van der Waals surface area contributed by atoms with Crippen molar-refractivity contribution in [1.29, 1.82) is 0 Å². The number of hydrogen-bond donors (Lipinski definition) is 1.